The summed E-state index contributed by atoms with van der Waals surface area (Å²) in [6.07, 6.45) is -6.76. The molecule has 314 valence electrons. The van der Waals surface area contributed by atoms with Crippen LogP contribution in [0.1, 0.15) is 34.9 Å². The second kappa shape index (κ2) is 17.8. The van der Waals surface area contributed by atoms with Gasteiger partial charge in [-0.15, -0.1) is 0 Å². The lowest BCUT2D eigenvalue weighted by atomic mass is 10.1. The molecule has 1 amide bonds. The fraction of sp³-hybridized carbons (Fsp3) is 0.441. The number of alkyl halides is 2. The number of ether oxygens (including phenoxy) is 2. The summed E-state index contributed by atoms with van der Waals surface area (Å²) < 4.78 is 86.5. The van der Waals surface area contributed by atoms with Gasteiger partial charge in [-0.25, -0.2) is 58.8 Å². The second-order valence-electron chi connectivity index (χ2n) is 13.0. The Hall–Kier alpha value is -4.55. The quantitative estimate of drug-likeness (QED) is 0.0916. The Labute approximate surface area is 346 Å². The summed E-state index contributed by atoms with van der Waals surface area (Å²) in [5.41, 5.74) is 2.05. The summed E-state index contributed by atoms with van der Waals surface area (Å²) in [5.74, 6) is -0.344. The van der Waals surface area contributed by atoms with E-state index in [0.29, 0.717) is 22.4 Å². The molecule has 1 aromatic carbocycles. The fourth-order valence-electron chi connectivity index (χ4n) is 6.51. The van der Waals surface area contributed by atoms with Gasteiger partial charge in [-0.2, -0.15) is 5.26 Å². The Bertz CT molecular complexity index is 2500. The maximum absolute atomic E-state index is 16.9. The molecule has 3 aliphatic heterocycles. The van der Waals surface area contributed by atoms with Gasteiger partial charge in [0, 0.05) is 5.56 Å². The molecule has 3 saturated heterocycles. The highest BCUT2D eigenvalue weighted by Crippen LogP contribution is 2.62. The van der Waals surface area contributed by atoms with E-state index in [2.05, 4.69) is 40.1 Å². The van der Waals surface area contributed by atoms with E-state index in [1.165, 1.54) is 34.4 Å². The van der Waals surface area contributed by atoms with Crippen molar-refractivity contribution in [1.82, 2.24) is 39.0 Å². The zero-order valence-electron chi connectivity index (χ0n) is 30.8. The first-order valence-corrected chi connectivity index (χ1v) is 21.6. The van der Waals surface area contributed by atoms with Crippen molar-refractivity contribution in [3.8, 4) is 6.07 Å². The first kappa shape index (κ1) is 42.2. The van der Waals surface area contributed by atoms with Crippen LogP contribution < -0.4 is 5.32 Å². The van der Waals surface area contributed by atoms with E-state index >= 15 is 8.78 Å². The highest BCUT2D eigenvalue weighted by atomic mass is 32.5. The summed E-state index contributed by atoms with van der Waals surface area (Å²) in [4.78, 5) is 42.3. The van der Waals surface area contributed by atoms with Gasteiger partial charge in [0.05, 0.1) is 44.1 Å². The molecule has 8 rings (SSSR count). The van der Waals surface area contributed by atoms with Gasteiger partial charge >= 0.3 is 6.72 Å². The minimum Gasteiger partial charge on any atom is -0.346 e. The van der Waals surface area contributed by atoms with Crippen LogP contribution in [0, 0.1) is 24.8 Å². The highest BCUT2D eigenvalue weighted by Gasteiger charge is 2.56. The van der Waals surface area contributed by atoms with Crippen LogP contribution in [0.5, 0.6) is 0 Å². The van der Waals surface area contributed by atoms with E-state index in [9.17, 15) is 10.1 Å². The molecule has 1 N–H and O–H groups in total. The monoisotopic (exact) mass is 885 g/mol. The minimum atomic E-state index is -4.00. The average molecular weight is 886 g/mol. The SMILES string of the molecule is [BH3-][P+]1(OCC[N+]#[C-])OC[C@H]2O[C@@H](n3cnc4c(C)ncnc43)[C@H](F)[C@@H]2OP(=S)(OCCC#N)OC[C@H]2O[C@@H](n3cnc4c(NC(=O)c5ccccc5)ncnc43)[C@H](O1)C2F. The Morgan fingerprint density at radius 2 is 1.73 bits per heavy atom. The zero-order valence-corrected chi connectivity index (χ0v) is 33.4. The number of benzene rings is 1. The number of amides is 1. The van der Waals surface area contributed by atoms with Gasteiger partial charge in [-0.1, -0.05) is 18.2 Å². The number of rotatable bonds is 10. The van der Waals surface area contributed by atoms with Crippen molar-refractivity contribution in [2.75, 3.05) is 38.3 Å². The lowest BCUT2D eigenvalue weighted by molar-refractivity contribution is -0.0631. The molecule has 5 aromatic rings. The van der Waals surface area contributed by atoms with Gasteiger partial charge in [0.15, 0.2) is 60.1 Å². The van der Waals surface area contributed by atoms with Gasteiger partial charge in [-0.05, 0) is 30.9 Å². The number of carbonyl (C=O) groups excluding carboxylic acids is 1. The fourth-order valence-corrected chi connectivity index (χ4v) is 9.72. The van der Waals surface area contributed by atoms with Crippen molar-refractivity contribution < 1.29 is 50.2 Å². The molecule has 4 aromatic heterocycles. The summed E-state index contributed by atoms with van der Waals surface area (Å²) in [6.45, 7) is 3.76. The molecule has 0 saturated carbocycles. The smallest absolute Gasteiger partial charge is 0.327 e. The van der Waals surface area contributed by atoms with Gasteiger partial charge < -0.3 is 28.7 Å². The molecule has 3 aliphatic rings. The molecule has 3 fully saturated rings. The lowest BCUT2D eigenvalue weighted by Gasteiger charge is -2.31. The molecule has 0 aliphatic carbocycles. The van der Waals surface area contributed by atoms with Crippen molar-refractivity contribution in [2.45, 2.75) is 62.6 Å². The number of carbonyl (C=O) groups is 1. The number of fused-ring (bicyclic) bond motifs is 5. The predicted molar refractivity (Wildman–Crippen MR) is 214 cm³/mol. The number of nitrogens with one attached hydrogen (secondary N) is 1. The van der Waals surface area contributed by atoms with Gasteiger partial charge in [0.25, 0.3) is 5.91 Å². The second-order valence-corrected chi connectivity index (χ2v) is 17.2. The van der Waals surface area contributed by atoms with Crippen LogP contribution in [0.2, 0.25) is 0 Å². The Morgan fingerprint density at radius 1 is 1.02 bits per heavy atom. The third-order valence-corrected chi connectivity index (χ3v) is 12.8. The number of aryl methyl sites for hydroxylation is 1. The Morgan fingerprint density at radius 3 is 2.50 bits per heavy atom. The third-order valence-electron chi connectivity index (χ3n) is 9.31. The molecule has 60 heavy (non-hydrogen) atoms. The standard InChI is InChI=1S/C34H36BF2N11O9P2S/c1-19-25-30(42-15-40-19)47(17-44-25)33-24(37)27-22(55-33)14-52-58(35,50-12-10-39-2)56-28-23(36)21(13-53-59(60,57-27)51-11-6-9-38)54-34(28)48-18-45-26-29(41-16-43-31(26)48)46-32(49)20-7-4-3-5-8-20/h3-5,7-8,15-18,21-24,27-28,33-34H,6,10-14H2,1,35H3,(H,41,43,46,49)/t21-,22-,23?,24-,27-,28-,33-,34-,58?,59?/m1/s1. The number of anilines is 1. The van der Waals surface area contributed by atoms with Crippen molar-refractivity contribution >= 4 is 68.0 Å². The maximum atomic E-state index is 16.9. The number of nitrogens with zero attached hydrogens (tertiary/aromatic N) is 10. The Kier molecular flexibility index (Phi) is 12.5. The number of hydrogen-bond donors (Lipinski definition) is 1. The van der Waals surface area contributed by atoms with E-state index in [0.717, 1.165) is 0 Å². The molecule has 26 heteroatoms. The van der Waals surface area contributed by atoms with Crippen molar-refractivity contribution in [1.29, 1.82) is 5.26 Å². The molecule has 0 radical (unpaired) electrons. The predicted octanol–water partition coefficient (Wildman–Crippen LogP) is 3.65. The van der Waals surface area contributed by atoms with E-state index in [1.54, 1.807) is 37.3 Å². The number of imidazole rings is 2. The van der Waals surface area contributed by atoms with Crippen molar-refractivity contribution in [3.63, 3.8) is 0 Å². The van der Waals surface area contributed by atoms with Gasteiger partial charge in [-0.3, -0.25) is 18.5 Å². The molecule has 20 nitrogen and oxygen atoms in total. The molecule has 7 heterocycles. The topological polar surface area (TPSA) is 218 Å². The molecule has 3 unspecified atom stereocenters. The normalized spacial score (nSPS) is 30.8. The molecule has 10 atom stereocenters. The van der Waals surface area contributed by atoms with Crippen LogP contribution >= 0.6 is 14.5 Å². The molecule has 2 bridgehead atoms. The average Bonchev–Trinajstić information content (AvgIpc) is 4.02. The minimum absolute atomic E-state index is 0.0421. The van der Waals surface area contributed by atoms with Crippen LogP contribution in [0.15, 0.2) is 55.6 Å². The highest BCUT2D eigenvalue weighted by molar-refractivity contribution is 8.07. The van der Waals surface area contributed by atoms with E-state index in [4.69, 9.17) is 55.0 Å². The van der Waals surface area contributed by atoms with Gasteiger partial charge in [0.1, 0.15) is 43.1 Å². The summed E-state index contributed by atoms with van der Waals surface area (Å²) in [6, 6.07) is 10.5. The number of nitriles is 1. The maximum Gasteiger partial charge on any atom is 0.327 e. The van der Waals surface area contributed by atoms with Crippen LogP contribution in [-0.4, -0.2) is 122 Å². The number of halogens is 2. The largest absolute Gasteiger partial charge is 0.346 e. The van der Waals surface area contributed by atoms with E-state index in [-0.39, 0.29) is 49.8 Å². The number of hydrogen-bond acceptors (Lipinski definition) is 17. The number of aromatic nitrogens is 8. The van der Waals surface area contributed by atoms with Crippen LogP contribution in [-0.2, 0) is 48.4 Å². The van der Waals surface area contributed by atoms with Crippen LogP contribution in [0.3, 0.4) is 0 Å². The molecular weight excluding hydrogens is 849 g/mol. The summed E-state index contributed by atoms with van der Waals surface area (Å²) in [7, 11) is -4.55. The van der Waals surface area contributed by atoms with Crippen molar-refractivity contribution in [3.05, 3.63) is 78.3 Å². The summed E-state index contributed by atoms with van der Waals surface area (Å²) in [5, 5.41) is 12.0. The van der Waals surface area contributed by atoms with Crippen molar-refractivity contribution in [2.24, 2.45) is 0 Å². The Balaban J connectivity index is 1.14. The lowest BCUT2D eigenvalue weighted by Crippen LogP contribution is -2.35. The zero-order chi connectivity index (χ0) is 42.0. The first-order chi connectivity index (χ1) is 29.0. The van der Waals surface area contributed by atoms with Crippen LogP contribution in [0.25, 0.3) is 27.2 Å². The molecular formula is C34H36BF2N11O9P2S. The first-order valence-electron chi connectivity index (χ1n) is 18.0. The van der Waals surface area contributed by atoms with Gasteiger partial charge in [0.2, 0.25) is 21.9 Å². The third kappa shape index (κ3) is 8.51. The van der Waals surface area contributed by atoms with Crippen LogP contribution in [0.4, 0.5) is 14.6 Å². The van der Waals surface area contributed by atoms with E-state index < -0.39 is 83.8 Å². The molecule has 0 spiro atoms. The van der Waals surface area contributed by atoms with E-state index in [1.807, 2.05) is 6.07 Å². The summed E-state index contributed by atoms with van der Waals surface area (Å²) >= 11 is 5.79.